The van der Waals surface area contributed by atoms with Crippen LogP contribution in [-0.4, -0.2) is 97.7 Å². The van der Waals surface area contributed by atoms with E-state index in [9.17, 15) is 22.8 Å². The van der Waals surface area contributed by atoms with Crippen molar-refractivity contribution in [3.63, 3.8) is 0 Å². The van der Waals surface area contributed by atoms with Crippen molar-refractivity contribution in [3.8, 4) is 0 Å². The lowest BCUT2D eigenvalue weighted by Gasteiger charge is -2.36. The number of nitrogens with zero attached hydrogens (tertiary/aromatic N) is 4. The second kappa shape index (κ2) is 12.7. The van der Waals surface area contributed by atoms with Crippen molar-refractivity contribution >= 4 is 27.8 Å². The summed E-state index contributed by atoms with van der Waals surface area (Å²) < 4.78 is 40.8. The van der Waals surface area contributed by atoms with E-state index in [0.29, 0.717) is 51.5 Å². The Labute approximate surface area is 252 Å². The number of hydrogen-bond donors (Lipinski definition) is 1. The first-order chi connectivity index (χ1) is 20.5. The summed E-state index contributed by atoms with van der Waals surface area (Å²) in [6.07, 6.45) is 3.03. The number of aryl methyl sites for hydroxylation is 1. The number of piperazine rings is 1. The van der Waals surface area contributed by atoms with Crippen LogP contribution in [0, 0.1) is 11.3 Å². The molecule has 2 fully saturated rings. The topological polar surface area (TPSA) is 140 Å². The van der Waals surface area contributed by atoms with E-state index in [2.05, 4.69) is 5.32 Å². The molecule has 4 heterocycles. The maximum Gasteiger partial charge on any atom is 0.338 e. The Balaban J connectivity index is 1.24. The SMILES string of the molecule is CCn1nc(C[C@@H](C)COC(=O)c2cccc(S(=O)(=O)N3CCN(C(C)=O)CC3)c2)c2c1C(=O)NCC1(CCOCC1)C2. The fourth-order valence-electron chi connectivity index (χ4n) is 6.19. The zero-order valence-corrected chi connectivity index (χ0v) is 26.0. The minimum Gasteiger partial charge on any atom is -0.462 e. The van der Waals surface area contributed by atoms with E-state index < -0.39 is 16.0 Å². The first kappa shape index (κ1) is 31.1. The Morgan fingerprint density at radius 1 is 1.16 bits per heavy atom. The normalized spacial score (nSPS) is 19.8. The lowest BCUT2D eigenvalue weighted by atomic mass is 9.75. The molecule has 1 aromatic carbocycles. The molecule has 43 heavy (non-hydrogen) atoms. The number of hydrogen-bond acceptors (Lipinski definition) is 8. The maximum absolute atomic E-state index is 13.2. The third kappa shape index (κ3) is 6.63. The smallest absolute Gasteiger partial charge is 0.338 e. The minimum atomic E-state index is -3.83. The number of aromatic nitrogens is 2. The van der Waals surface area contributed by atoms with Gasteiger partial charge in [0.05, 0.1) is 22.8 Å². The molecule has 0 saturated carbocycles. The summed E-state index contributed by atoms with van der Waals surface area (Å²) >= 11 is 0. The van der Waals surface area contributed by atoms with Crippen LogP contribution in [0.25, 0.3) is 0 Å². The van der Waals surface area contributed by atoms with Gasteiger partial charge in [-0.3, -0.25) is 14.3 Å². The Bertz CT molecular complexity index is 1470. The van der Waals surface area contributed by atoms with Crippen LogP contribution in [0.3, 0.4) is 0 Å². The number of benzene rings is 1. The summed E-state index contributed by atoms with van der Waals surface area (Å²) in [5, 5.41) is 7.91. The molecule has 1 aromatic heterocycles. The zero-order chi connectivity index (χ0) is 30.8. The second-order valence-electron chi connectivity index (χ2n) is 11.9. The molecule has 0 radical (unpaired) electrons. The monoisotopic (exact) mass is 615 g/mol. The van der Waals surface area contributed by atoms with E-state index in [1.54, 1.807) is 9.58 Å². The Morgan fingerprint density at radius 2 is 1.88 bits per heavy atom. The molecule has 1 spiro atoms. The summed E-state index contributed by atoms with van der Waals surface area (Å²) in [7, 11) is -3.83. The number of sulfonamides is 1. The fraction of sp³-hybridized carbons (Fsp3) is 0.600. The molecule has 0 aliphatic carbocycles. The predicted molar refractivity (Wildman–Crippen MR) is 157 cm³/mol. The largest absolute Gasteiger partial charge is 0.462 e. The van der Waals surface area contributed by atoms with Crippen molar-refractivity contribution in [2.24, 2.45) is 11.3 Å². The van der Waals surface area contributed by atoms with Gasteiger partial charge in [0.25, 0.3) is 5.91 Å². The molecule has 1 N–H and O–H groups in total. The standard InChI is InChI=1S/C30H41N5O7S/c1-4-35-27-25(18-30(20-31-28(27)37)8-14-41-15-9-30)26(32-35)16-21(2)19-42-29(38)23-6-5-7-24(17-23)43(39,40)34-12-10-33(11-13-34)22(3)36/h5-7,17,21H,4,8-16,18-20H2,1-3H3,(H,31,37)/t21-/m1/s1. The van der Waals surface area contributed by atoms with Crippen molar-refractivity contribution in [2.75, 3.05) is 52.5 Å². The number of carbonyl (C=O) groups excluding carboxylic acids is 3. The zero-order valence-electron chi connectivity index (χ0n) is 25.1. The molecular formula is C30H41N5O7S. The van der Waals surface area contributed by atoms with Crippen molar-refractivity contribution in [3.05, 3.63) is 46.8 Å². The summed E-state index contributed by atoms with van der Waals surface area (Å²) in [5.74, 6) is -0.883. The van der Waals surface area contributed by atoms with Gasteiger partial charge >= 0.3 is 5.97 Å². The summed E-state index contributed by atoms with van der Waals surface area (Å²) in [6.45, 7) is 9.09. The number of nitrogens with one attached hydrogen (secondary N) is 1. The van der Waals surface area contributed by atoms with Gasteiger partial charge < -0.3 is 19.7 Å². The second-order valence-corrected chi connectivity index (χ2v) is 13.8. The molecule has 1 atom stereocenters. The van der Waals surface area contributed by atoms with Crippen LogP contribution in [0.1, 0.15) is 65.7 Å². The highest BCUT2D eigenvalue weighted by atomic mass is 32.2. The summed E-state index contributed by atoms with van der Waals surface area (Å²) in [5.41, 5.74) is 2.53. The van der Waals surface area contributed by atoms with Crippen molar-refractivity contribution in [2.45, 2.75) is 57.9 Å². The molecule has 5 rings (SSSR count). The van der Waals surface area contributed by atoms with Gasteiger partial charge in [0, 0.05) is 65.0 Å². The first-order valence-electron chi connectivity index (χ1n) is 15.0. The molecule has 2 aromatic rings. The van der Waals surface area contributed by atoms with Crippen LogP contribution < -0.4 is 5.32 Å². The van der Waals surface area contributed by atoms with E-state index in [-0.39, 0.29) is 53.3 Å². The van der Waals surface area contributed by atoms with E-state index in [0.717, 1.165) is 30.5 Å². The van der Waals surface area contributed by atoms with Gasteiger partial charge in [-0.1, -0.05) is 13.0 Å². The van der Waals surface area contributed by atoms with Gasteiger partial charge in [0.1, 0.15) is 5.69 Å². The van der Waals surface area contributed by atoms with Crippen molar-refractivity contribution in [1.29, 1.82) is 0 Å². The van der Waals surface area contributed by atoms with Crippen LogP contribution >= 0.6 is 0 Å². The van der Waals surface area contributed by atoms with Crippen molar-refractivity contribution < 1.29 is 32.3 Å². The van der Waals surface area contributed by atoms with Crippen LogP contribution in [-0.2, 0) is 43.7 Å². The van der Waals surface area contributed by atoms with Gasteiger partial charge in [0.15, 0.2) is 0 Å². The lowest BCUT2D eigenvalue weighted by Crippen LogP contribution is -2.49. The Morgan fingerprint density at radius 3 is 2.56 bits per heavy atom. The average Bonchev–Trinajstić information content (AvgIpc) is 3.28. The molecule has 0 bridgehead atoms. The third-order valence-electron chi connectivity index (χ3n) is 8.81. The quantitative estimate of drug-likeness (QED) is 0.444. The fourth-order valence-corrected chi connectivity index (χ4v) is 7.66. The number of fused-ring (bicyclic) bond motifs is 1. The average molecular weight is 616 g/mol. The van der Waals surface area contributed by atoms with Crippen molar-refractivity contribution in [1.82, 2.24) is 24.3 Å². The van der Waals surface area contributed by atoms with Crippen LogP contribution in [0.2, 0.25) is 0 Å². The van der Waals surface area contributed by atoms with Gasteiger partial charge in [0.2, 0.25) is 15.9 Å². The summed E-state index contributed by atoms with van der Waals surface area (Å²) in [6, 6.07) is 5.87. The molecule has 234 valence electrons. The molecule has 3 aliphatic heterocycles. The summed E-state index contributed by atoms with van der Waals surface area (Å²) in [4.78, 5) is 39.3. The Kier molecular flexibility index (Phi) is 9.23. The molecule has 2 saturated heterocycles. The van der Waals surface area contributed by atoms with Crippen LogP contribution in [0.15, 0.2) is 29.2 Å². The number of esters is 1. The van der Waals surface area contributed by atoms with Gasteiger partial charge in [-0.05, 0) is 62.1 Å². The highest BCUT2D eigenvalue weighted by Gasteiger charge is 2.40. The van der Waals surface area contributed by atoms with E-state index in [1.165, 1.54) is 35.5 Å². The molecule has 0 unspecified atom stereocenters. The molecule has 3 aliphatic rings. The Hall–Kier alpha value is -3.29. The highest BCUT2D eigenvalue weighted by molar-refractivity contribution is 7.89. The number of carbonyl (C=O) groups is 3. The molecule has 13 heteroatoms. The number of amides is 2. The molecular weight excluding hydrogens is 574 g/mol. The van der Waals surface area contributed by atoms with E-state index in [4.69, 9.17) is 14.6 Å². The number of rotatable bonds is 8. The lowest BCUT2D eigenvalue weighted by molar-refractivity contribution is -0.129. The molecule has 12 nitrogen and oxygen atoms in total. The van der Waals surface area contributed by atoms with E-state index in [1.807, 2.05) is 13.8 Å². The van der Waals surface area contributed by atoms with Crippen LogP contribution in [0.5, 0.6) is 0 Å². The predicted octanol–water partition coefficient (Wildman–Crippen LogP) is 1.87. The van der Waals surface area contributed by atoms with Gasteiger partial charge in [-0.2, -0.15) is 9.40 Å². The third-order valence-corrected chi connectivity index (χ3v) is 10.7. The highest BCUT2D eigenvalue weighted by Crippen LogP contribution is 2.38. The van der Waals surface area contributed by atoms with Crippen LogP contribution in [0.4, 0.5) is 0 Å². The van der Waals surface area contributed by atoms with Gasteiger partial charge in [-0.15, -0.1) is 0 Å². The van der Waals surface area contributed by atoms with E-state index >= 15 is 0 Å². The number of ether oxygens (including phenoxy) is 2. The molecule has 2 amide bonds. The maximum atomic E-state index is 13.2. The first-order valence-corrected chi connectivity index (χ1v) is 16.4. The van der Waals surface area contributed by atoms with Gasteiger partial charge in [-0.25, -0.2) is 13.2 Å². The minimum absolute atomic E-state index is 0.0133.